The van der Waals surface area contributed by atoms with E-state index < -0.39 is 51.7 Å². The summed E-state index contributed by atoms with van der Waals surface area (Å²) in [4.78, 5) is 82.6. The first-order valence-electron chi connectivity index (χ1n) is 12.4. The quantitative estimate of drug-likeness (QED) is 0.249. The molecule has 2 saturated heterocycles. The number of aromatic amines is 1. The standard InChI is InChI=1S/C27H27N5O7/c1-4-11-32-22(35)20(21(34)28-25(32)38)18(33)10-8-15-7-9-17-16(13-15)14-27(19-6-5-12-31(17)19)23(36)29(2)26(39)30(3)24(27)37/h4,7-10,13,19,35H,1,5-6,11-12,14H2,2-3H3,(H,28,34,38)/b10-8+/t19-/m1/s1. The van der Waals surface area contributed by atoms with Gasteiger partial charge < -0.3 is 10.0 Å². The van der Waals surface area contributed by atoms with Gasteiger partial charge in [-0.3, -0.25) is 38.5 Å². The van der Waals surface area contributed by atoms with Gasteiger partial charge in [-0.15, -0.1) is 6.58 Å². The number of carbonyl (C=O) groups is 4. The van der Waals surface area contributed by atoms with Gasteiger partial charge in [-0.2, -0.15) is 0 Å². The number of hydrogen-bond donors (Lipinski definition) is 2. The van der Waals surface area contributed by atoms with Crippen LogP contribution < -0.4 is 16.1 Å². The number of imide groups is 2. The van der Waals surface area contributed by atoms with Crippen molar-refractivity contribution in [2.75, 3.05) is 25.5 Å². The zero-order chi connectivity index (χ0) is 28.2. The number of rotatable bonds is 5. The number of H-pyrrole nitrogens is 1. The number of benzene rings is 1. The molecule has 4 heterocycles. The highest BCUT2D eigenvalue weighted by Gasteiger charge is 2.63. The zero-order valence-corrected chi connectivity index (χ0v) is 21.5. The van der Waals surface area contributed by atoms with Gasteiger partial charge in [0.15, 0.2) is 11.2 Å². The molecule has 12 nitrogen and oxygen atoms in total. The predicted molar refractivity (Wildman–Crippen MR) is 140 cm³/mol. The fraction of sp³-hybridized carbons (Fsp3) is 0.333. The number of amides is 4. The summed E-state index contributed by atoms with van der Waals surface area (Å²) < 4.78 is 0.817. The lowest BCUT2D eigenvalue weighted by Crippen LogP contribution is -2.70. The maximum atomic E-state index is 13.5. The van der Waals surface area contributed by atoms with Crippen molar-refractivity contribution in [1.82, 2.24) is 19.4 Å². The fourth-order valence-electron chi connectivity index (χ4n) is 5.98. The van der Waals surface area contributed by atoms with Crippen LogP contribution in [0.15, 0.2) is 46.5 Å². The number of nitrogens with zero attached hydrogens (tertiary/aromatic N) is 4. The molecule has 5 rings (SSSR count). The molecule has 0 radical (unpaired) electrons. The van der Waals surface area contributed by atoms with Crippen LogP contribution in [0.25, 0.3) is 6.08 Å². The minimum atomic E-state index is -1.45. The zero-order valence-electron chi connectivity index (χ0n) is 21.5. The van der Waals surface area contributed by atoms with Gasteiger partial charge in [-0.25, -0.2) is 9.59 Å². The van der Waals surface area contributed by atoms with E-state index in [1.54, 1.807) is 12.1 Å². The third kappa shape index (κ3) is 3.74. The number of aromatic nitrogens is 2. The van der Waals surface area contributed by atoms with Gasteiger partial charge in [-0.05, 0) is 48.6 Å². The largest absolute Gasteiger partial charge is 0.494 e. The lowest BCUT2D eigenvalue weighted by Gasteiger charge is -2.50. The summed E-state index contributed by atoms with van der Waals surface area (Å²) in [5.41, 5.74) is -1.78. The van der Waals surface area contributed by atoms with Crippen LogP contribution in [0.4, 0.5) is 10.5 Å². The van der Waals surface area contributed by atoms with E-state index >= 15 is 0 Å². The van der Waals surface area contributed by atoms with Crippen LogP contribution >= 0.6 is 0 Å². The van der Waals surface area contributed by atoms with Gasteiger partial charge in [0.1, 0.15) is 5.56 Å². The highest BCUT2D eigenvalue weighted by Crippen LogP contribution is 2.49. The molecule has 1 aromatic heterocycles. The first-order chi connectivity index (χ1) is 18.5. The summed E-state index contributed by atoms with van der Waals surface area (Å²) in [5.74, 6) is -2.64. The van der Waals surface area contributed by atoms with E-state index in [-0.39, 0.29) is 19.0 Å². The van der Waals surface area contributed by atoms with Crippen LogP contribution in [-0.4, -0.2) is 74.8 Å². The first kappa shape index (κ1) is 25.9. The minimum absolute atomic E-state index is 0.0890. The van der Waals surface area contributed by atoms with Crippen molar-refractivity contribution in [1.29, 1.82) is 0 Å². The molecule has 2 aromatic rings. The molecule has 1 spiro atoms. The number of carbonyl (C=O) groups excluding carboxylic acids is 4. The molecule has 1 atom stereocenters. The lowest BCUT2D eigenvalue weighted by molar-refractivity contribution is -0.159. The molecule has 0 unspecified atom stereocenters. The summed E-state index contributed by atoms with van der Waals surface area (Å²) >= 11 is 0. The second-order valence-corrected chi connectivity index (χ2v) is 9.95. The molecule has 202 valence electrons. The molecule has 1 aromatic carbocycles. The van der Waals surface area contributed by atoms with E-state index in [0.717, 1.165) is 32.6 Å². The molecule has 2 fully saturated rings. The predicted octanol–water partition coefficient (Wildman–Crippen LogP) is 0.886. The normalized spacial score (nSPS) is 20.1. The second kappa shape index (κ2) is 9.22. The van der Waals surface area contributed by atoms with E-state index in [1.165, 1.54) is 26.2 Å². The van der Waals surface area contributed by atoms with E-state index in [1.807, 2.05) is 16.0 Å². The summed E-state index contributed by atoms with van der Waals surface area (Å²) in [6.07, 6.45) is 5.39. The molecule has 0 aliphatic carbocycles. The van der Waals surface area contributed by atoms with Crippen molar-refractivity contribution in [2.24, 2.45) is 5.41 Å². The number of urea groups is 1. The Morgan fingerprint density at radius 3 is 2.51 bits per heavy atom. The van der Waals surface area contributed by atoms with Crippen molar-refractivity contribution in [3.05, 3.63) is 74.5 Å². The van der Waals surface area contributed by atoms with Crippen LogP contribution in [-0.2, 0) is 22.6 Å². The summed E-state index contributed by atoms with van der Waals surface area (Å²) in [6.45, 7) is 4.03. The van der Waals surface area contributed by atoms with Gasteiger partial charge in [0.05, 0.1) is 6.04 Å². The van der Waals surface area contributed by atoms with E-state index in [0.29, 0.717) is 24.1 Å². The Bertz CT molecular complexity index is 1580. The Balaban J connectivity index is 1.52. The number of aromatic hydroxyl groups is 1. The van der Waals surface area contributed by atoms with Gasteiger partial charge in [0.2, 0.25) is 17.7 Å². The van der Waals surface area contributed by atoms with Crippen LogP contribution in [0, 0.1) is 5.41 Å². The number of fused-ring (bicyclic) bond motifs is 4. The smallest absolute Gasteiger partial charge is 0.332 e. The first-order valence-corrected chi connectivity index (χ1v) is 12.4. The van der Waals surface area contributed by atoms with Gasteiger partial charge in [-0.1, -0.05) is 18.2 Å². The molecular formula is C27H27N5O7. The molecule has 12 heteroatoms. The van der Waals surface area contributed by atoms with Gasteiger partial charge in [0.25, 0.3) is 5.56 Å². The summed E-state index contributed by atoms with van der Waals surface area (Å²) in [7, 11) is 2.76. The van der Waals surface area contributed by atoms with Crippen molar-refractivity contribution in [3.63, 3.8) is 0 Å². The maximum absolute atomic E-state index is 13.5. The highest BCUT2D eigenvalue weighted by molar-refractivity contribution is 6.20. The van der Waals surface area contributed by atoms with Crippen LogP contribution in [0.1, 0.15) is 34.3 Å². The molecular weight excluding hydrogens is 506 g/mol. The Kier molecular flexibility index (Phi) is 6.12. The minimum Gasteiger partial charge on any atom is -0.494 e. The van der Waals surface area contributed by atoms with Gasteiger partial charge in [0, 0.05) is 32.9 Å². The number of anilines is 1. The summed E-state index contributed by atoms with van der Waals surface area (Å²) in [5, 5.41) is 10.4. The number of nitrogens with one attached hydrogen (secondary N) is 1. The topological polar surface area (TPSA) is 153 Å². The summed E-state index contributed by atoms with van der Waals surface area (Å²) in [6, 6.07) is 4.33. The maximum Gasteiger partial charge on any atom is 0.332 e. The number of allylic oxidation sites excluding steroid dienone is 2. The third-order valence-electron chi connectivity index (χ3n) is 7.81. The van der Waals surface area contributed by atoms with Crippen molar-refractivity contribution in [3.8, 4) is 5.88 Å². The average molecular weight is 534 g/mol. The van der Waals surface area contributed by atoms with Crippen LogP contribution in [0.5, 0.6) is 5.88 Å². The Hall–Kier alpha value is -4.74. The van der Waals surface area contributed by atoms with Gasteiger partial charge >= 0.3 is 11.7 Å². The van der Waals surface area contributed by atoms with Crippen molar-refractivity contribution < 1.29 is 24.3 Å². The van der Waals surface area contributed by atoms with E-state index in [4.69, 9.17) is 0 Å². The average Bonchev–Trinajstić information content (AvgIpc) is 3.41. The third-order valence-corrected chi connectivity index (χ3v) is 7.81. The van der Waals surface area contributed by atoms with E-state index in [2.05, 4.69) is 6.58 Å². The van der Waals surface area contributed by atoms with Crippen molar-refractivity contribution in [2.45, 2.75) is 31.8 Å². The molecule has 4 amide bonds. The van der Waals surface area contributed by atoms with Crippen molar-refractivity contribution >= 4 is 35.4 Å². The Morgan fingerprint density at radius 1 is 1.15 bits per heavy atom. The molecule has 3 aliphatic heterocycles. The molecule has 3 aliphatic rings. The Morgan fingerprint density at radius 2 is 1.85 bits per heavy atom. The molecule has 0 saturated carbocycles. The second-order valence-electron chi connectivity index (χ2n) is 9.95. The van der Waals surface area contributed by atoms with E-state index in [9.17, 15) is 33.9 Å². The molecule has 2 N–H and O–H groups in total. The monoisotopic (exact) mass is 533 g/mol. The SMILES string of the molecule is C=CCn1c(O)c(C(=O)/C=C/c2ccc3c(c2)CC2(C(=O)N(C)C(=O)N(C)C2=O)[C@H]2CCCN32)c(=O)[nH]c1=O. The lowest BCUT2D eigenvalue weighted by atomic mass is 9.68. The highest BCUT2D eigenvalue weighted by atomic mass is 16.3. The number of barbiturate groups is 1. The van der Waals surface area contributed by atoms with Crippen LogP contribution in [0.2, 0.25) is 0 Å². The fourth-order valence-corrected chi connectivity index (χ4v) is 5.98. The molecule has 0 bridgehead atoms. The Labute approximate surface area is 222 Å². The molecule has 39 heavy (non-hydrogen) atoms. The number of ketones is 1. The van der Waals surface area contributed by atoms with Crippen LogP contribution in [0.3, 0.4) is 0 Å². The number of hydrogen-bond acceptors (Lipinski definition) is 8.